The van der Waals surface area contributed by atoms with Gasteiger partial charge in [0.25, 0.3) is 0 Å². The van der Waals surface area contributed by atoms with E-state index in [0.29, 0.717) is 12.6 Å². The summed E-state index contributed by atoms with van der Waals surface area (Å²) in [6, 6.07) is 0.465. The third kappa shape index (κ3) is 4.18. The molecule has 0 aromatic heterocycles. The Labute approximate surface area is 117 Å². The summed E-state index contributed by atoms with van der Waals surface area (Å²) in [6.45, 7) is 3.72. The minimum Gasteiger partial charge on any atom is -0.352 e. The standard InChI is InChI=1S/C15H29N3O/c1-12-5-4-8-15(9-12,18(2)3)11-16-10-14(19)17-13-6-7-13/h12-13,16H,4-11H2,1-3H3,(H,17,19). The Morgan fingerprint density at radius 3 is 2.63 bits per heavy atom. The van der Waals surface area contributed by atoms with Crippen LogP contribution >= 0.6 is 0 Å². The van der Waals surface area contributed by atoms with Crippen molar-refractivity contribution in [3.05, 3.63) is 0 Å². The van der Waals surface area contributed by atoms with Gasteiger partial charge in [0.2, 0.25) is 5.91 Å². The predicted octanol–water partition coefficient (Wildman–Crippen LogP) is 1.37. The zero-order valence-electron chi connectivity index (χ0n) is 12.7. The molecule has 0 aliphatic heterocycles. The van der Waals surface area contributed by atoms with E-state index >= 15 is 0 Å². The third-order valence-electron chi connectivity index (χ3n) is 4.70. The van der Waals surface area contributed by atoms with Gasteiger partial charge in [-0.3, -0.25) is 4.79 Å². The zero-order chi connectivity index (χ0) is 13.9. The zero-order valence-corrected chi connectivity index (χ0v) is 12.7. The van der Waals surface area contributed by atoms with Crippen molar-refractivity contribution in [3.63, 3.8) is 0 Å². The average Bonchev–Trinajstić information content (AvgIpc) is 3.12. The normalized spacial score (nSPS) is 31.5. The summed E-state index contributed by atoms with van der Waals surface area (Å²) in [5, 5.41) is 6.40. The number of carbonyl (C=O) groups excluding carboxylic acids is 1. The van der Waals surface area contributed by atoms with E-state index in [1.54, 1.807) is 0 Å². The molecule has 0 saturated heterocycles. The van der Waals surface area contributed by atoms with Crippen molar-refractivity contribution >= 4 is 5.91 Å². The van der Waals surface area contributed by atoms with Gasteiger partial charge in [0, 0.05) is 18.1 Å². The quantitative estimate of drug-likeness (QED) is 0.764. The summed E-state index contributed by atoms with van der Waals surface area (Å²) in [6.07, 6.45) is 7.43. The Bertz CT molecular complexity index is 315. The summed E-state index contributed by atoms with van der Waals surface area (Å²) < 4.78 is 0. The highest BCUT2D eigenvalue weighted by Gasteiger charge is 2.36. The lowest BCUT2D eigenvalue weighted by Crippen LogP contribution is -2.55. The number of amides is 1. The maximum Gasteiger partial charge on any atom is 0.234 e. The summed E-state index contributed by atoms with van der Waals surface area (Å²) >= 11 is 0. The number of nitrogens with one attached hydrogen (secondary N) is 2. The highest BCUT2D eigenvalue weighted by atomic mass is 16.2. The van der Waals surface area contributed by atoms with E-state index in [2.05, 4.69) is 36.6 Å². The molecule has 4 nitrogen and oxygen atoms in total. The van der Waals surface area contributed by atoms with Crippen LogP contribution in [0, 0.1) is 5.92 Å². The van der Waals surface area contributed by atoms with E-state index in [1.807, 2.05) is 0 Å². The van der Waals surface area contributed by atoms with Crippen LogP contribution in [-0.4, -0.2) is 49.6 Å². The first-order chi connectivity index (χ1) is 9.02. The van der Waals surface area contributed by atoms with Gasteiger partial charge in [0.15, 0.2) is 0 Å². The summed E-state index contributed by atoms with van der Waals surface area (Å²) in [5.74, 6) is 0.943. The van der Waals surface area contributed by atoms with Gasteiger partial charge in [-0.05, 0) is 45.7 Å². The number of hydrogen-bond acceptors (Lipinski definition) is 3. The van der Waals surface area contributed by atoms with Gasteiger partial charge < -0.3 is 15.5 Å². The monoisotopic (exact) mass is 267 g/mol. The van der Waals surface area contributed by atoms with Crippen LogP contribution in [0.5, 0.6) is 0 Å². The second-order valence-electron chi connectivity index (χ2n) is 6.77. The molecule has 2 unspecified atom stereocenters. The molecule has 4 heteroatoms. The van der Waals surface area contributed by atoms with E-state index in [0.717, 1.165) is 25.3 Å². The van der Waals surface area contributed by atoms with Gasteiger partial charge in [-0.15, -0.1) is 0 Å². The lowest BCUT2D eigenvalue weighted by molar-refractivity contribution is -0.120. The molecule has 0 aromatic carbocycles. The Balaban J connectivity index is 1.77. The van der Waals surface area contributed by atoms with Crippen LogP contribution in [0.2, 0.25) is 0 Å². The van der Waals surface area contributed by atoms with Crippen molar-refractivity contribution in [2.24, 2.45) is 5.92 Å². The number of hydrogen-bond donors (Lipinski definition) is 2. The van der Waals surface area contributed by atoms with Crippen molar-refractivity contribution in [1.29, 1.82) is 0 Å². The molecule has 2 atom stereocenters. The third-order valence-corrected chi connectivity index (χ3v) is 4.70. The minimum absolute atomic E-state index is 0.153. The molecule has 0 bridgehead atoms. The van der Waals surface area contributed by atoms with Crippen LogP contribution in [0.15, 0.2) is 0 Å². The molecule has 2 aliphatic rings. The smallest absolute Gasteiger partial charge is 0.234 e. The largest absolute Gasteiger partial charge is 0.352 e. The van der Waals surface area contributed by atoms with Crippen molar-refractivity contribution in [1.82, 2.24) is 15.5 Å². The number of likely N-dealkylation sites (N-methyl/N-ethyl adjacent to an activating group) is 1. The fourth-order valence-corrected chi connectivity index (χ4v) is 3.27. The van der Waals surface area contributed by atoms with Crippen molar-refractivity contribution in [3.8, 4) is 0 Å². The Morgan fingerprint density at radius 1 is 1.32 bits per heavy atom. The molecule has 0 radical (unpaired) electrons. The van der Waals surface area contributed by atoms with Gasteiger partial charge in [-0.1, -0.05) is 19.8 Å². The number of carbonyl (C=O) groups is 1. The van der Waals surface area contributed by atoms with Gasteiger partial charge >= 0.3 is 0 Å². The molecule has 19 heavy (non-hydrogen) atoms. The maximum absolute atomic E-state index is 11.7. The Kier molecular flexibility index (Phi) is 4.85. The molecule has 2 N–H and O–H groups in total. The number of rotatable bonds is 6. The highest BCUT2D eigenvalue weighted by molar-refractivity contribution is 5.78. The Morgan fingerprint density at radius 2 is 2.05 bits per heavy atom. The van der Waals surface area contributed by atoms with E-state index in [-0.39, 0.29) is 11.4 Å². The van der Waals surface area contributed by atoms with Gasteiger partial charge in [0.05, 0.1) is 6.54 Å². The molecule has 0 aromatic rings. The van der Waals surface area contributed by atoms with Gasteiger partial charge in [0.1, 0.15) is 0 Å². The van der Waals surface area contributed by atoms with Gasteiger partial charge in [-0.2, -0.15) is 0 Å². The molecule has 110 valence electrons. The van der Waals surface area contributed by atoms with Crippen LogP contribution in [0.4, 0.5) is 0 Å². The molecule has 2 fully saturated rings. The van der Waals surface area contributed by atoms with Crippen LogP contribution in [0.1, 0.15) is 45.4 Å². The van der Waals surface area contributed by atoms with E-state index in [1.165, 1.54) is 25.7 Å². The van der Waals surface area contributed by atoms with Crippen LogP contribution in [0.25, 0.3) is 0 Å². The highest BCUT2D eigenvalue weighted by Crippen LogP contribution is 2.35. The Hall–Kier alpha value is -0.610. The maximum atomic E-state index is 11.7. The summed E-state index contributed by atoms with van der Waals surface area (Å²) in [7, 11) is 4.34. The molecule has 1 amide bonds. The molecule has 2 aliphatic carbocycles. The lowest BCUT2D eigenvalue weighted by atomic mass is 9.75. The van der Waals surface area contributed by atoms with Crippen LogP contribution in [0.3, 0.4) is 0 Å². The number of nitrogens with zero attached hydrogens (tertiary/aromatic N) is 1. The molecule has 2 saturated carbocycles. The van der Waals surface area contributed by atoms with Crippen molar-refractivity contribution in [2.75, 3.05) is 27.2 Å². The first kappa shape index (κ1) is 14.8. The van der Waals surface area contributed by atoms with E-state index in [4.69, 9.17) is 0 Å². The minimum atomic E-state index is 0.153. The van der Waals surface area contributed by atoms with E-state index in [9.17, 15) is 4.79 Å². The van der Waals surface area contributed by atoms with Crippen molar-refractivity contribution in [2.45, 2.75) is 57.0 Å². The van der Waals surface area contributed by atoms with E-state index < -0.39 is 0 Å². The predicted molar refractivity (Wildman–Crippen MR) is 78.1 cm³/mol. The van der Waals surface area contributed by atoms with Gasteiger partial charge in [-0.25, -0.2) is 0 Å². The average molecular weight is 267 g/mol. The SMILES string of the molecule is CC1CCCC(CNCC(=O)NC2CC2)(N(C)C)C1. The molecule has 0 spiro atoms. The fourth-order valence-electron chi connectivity index (χ4n) is 3.27. The fraction of sp³-hybridized carbons (Fsp3) is 0.933. The molecule has 0 heterocycles. The van der Waals surface area contributed by atoms with Crippen LogP contribution in [-0.2, 0) is 4.79 Å². The second-order valence-corrected chi connectivity index (χ2v) is 6.77. The second kappa shape index (κ2) is 6.23. The topological polar surface area (TPSA) is 44.4 Å². The first-order valence-electron chi connectivity index (χ1n) is 7.69. The van der Waals surface area contributed by atoms with Crippen molar-refractivity contribution < 1.29 is 4.79 Å². The molecular formula is C15H29N3O. The first-order valence-corrected chi connectivity index (χ1v) is 7.69. The lowest BCUT2D eigenvalue weighted by Gasteiger charge is -2.45. The summed E-state index contributed by atoms with van der Waals surface area (Å²) in [5.41, 5.74) is 0.234. The molecular weight excluding hydrogens is 238 g/mol. The molecule has 2 rings (SSSR count). The summed E-state index contributed by atoms with van der Waals surface area (Å²) in [4.78, 5) is 14.0. The van der Waals surface area contributed by atoms with Crippen LogP contribution < -0.4 is 10.6 Å².